The Bertz CT molecular complexity index is 340. The van der Waals surface area contributed by atoms with Crippen LogP contribution in [0.15, 0.2) is 17.6 Å². The number of hydrogen-bond acceptors (Lipinski definition) is 5. The molecule has 1 aromatic heterocycles. The Morgan fingerprint density at radius 3 is 2.76 bits per heavy atom. The molecule has 94 valence electrons. The molecule has 0 amide bonds. The lowest BCUT2D eigenvalue weighted by molar-refractivity contribution is 0.238. The molecular formula is C12H19N3OS. The topological polar surface area (TPSA) is 58.0 Å². The number of aromatic nitrogens is 2. The molecule has 2 rings (SSSR count). The van der Waals surface area contributed by atoms with Crippen molar-refractivity contribution in [1.82, 2.24) is 15.3 Å². The van der Waals surface area contributed by atoms with Crippen LogP contribution < -0.4 is 5.32 Å². The monoisotopic (exact) mass is 253 g/mol. The van der Waals surface area contributed by atoms with E-state index in [9.17, 15) is 5.11 Å². The maximum absolute atomic E-state index is 9.23. The van der Waals surface area contributed by atoms with Crippen LogP contribution in [-0.4, -0.2) is 39.5 Å². The molecular weight excluding hydrogens is 234 g/mol. The van der Waals surface area contributed by atoms with Crippen molar-refractivity contribution in [1.29, 1.82) is 0 Å². The molecule has 1 fully saturated rings. The minimum absolute atomic E-state index is 0.214. The zero-order valence-electron chi connectivity index (χ0n) is 10.1. The van der Waals surface area contributed by atoms with Crippen LogP contribution in [0.25, 0.3) is 0 Å². The van der Waals surface area contributed by atoms with Gasteiger partial charge < -0.3 is 10.4 Å². The van der Waals surface area contributed by atoms with Crippen LogP contribution in [-0.2, 0) is 0 Å². The second kappa shape index (κ2) is 6.33. The Morgan fingerprint density at radius 2 is 2.18 bits per heavy atom. The lowest BCUT2D eigenvalue weighted by Gasteiger charge is -2.14. The van der Waals surface area contributed by atoms with E-state index >= 15 is 0 Å². The van der Waals surface area contributed by atoms with Crippen molar-refractivity contribution < 1.29 is 5.11 Å². The minimum Gasteiger partial charge on any atom is -0.395 e. The fraction of sp³-hybridized carbons (Fsp3) is 0.667. The van der Waals surface area contributed by atoms with Crippen molar-refractivity contribution in [3.8, 4) is 0 Å². The van der Waals surface area contributed by atoms with Crippen LogP contribution in [0.5, 0.6) is 0 Å². The molecule has 5 heteroatoms. The van der Waals surface area contributed by atoms with Crippen LogP contribution in [0.2, 0.25) is 0 Å². The van der Waals surface area contributed by atoms with E-state index in [1.807, 2.05) is 19.3 Å². The maximum atomic E-state index is 9.23. The van der Waals surface area contributed by atoms with Gasteiger partial charge in [0.15, 0.2) is 5.16 Å². The molecule has 17 heavy (non-hydrogen) atoms. The molecule has 1 unspecified atom stereocenters. The Labute approximate surface area is 106 Å². The zero-order valence-corrected chi connectivity index (χ0v) is 10.9. The number of rotatable bonds is 7. The highest BCUT2D eigenvalue weighted by atomic mass is 32.2. The van der Waals surface area contributed by atoms with Crippen molar-refractivity contribution >= 4 is 11.8 Å². The van der Waals surface area contributed by atoms with Gasteiger partial charge in [0.1, 0.15) is 0 Å². The van der Waals surface area contributed by atoms with Gasteiger partial charge in [-0.15, -0.1) is 0 Å². The van der Waals surface area contributed by atoms with Crippen LogP contribution >= 0.6 is 11.8 Å². The number of nitrogens with zero attached hydrogens (tertiary/aromatic N) is 2. The summed E-state index contributed by atoms with van der Waals surface area (Å²) in [5, 5.41) is 13.5. The van der Waals surface area contributed by atoms with E-state index in [1.165, 1.54) is 12.8 Å². The molecule has 1 aliphatic rings. The van der Waals surface area contributed by atoms with Gasteiger partial charge in [0.05, 0.1) is 6.61 Å². The fourth-order valence-corrected chi connectivity index (χ4v) is 2.40. The Kier molecular flexibility index (Phi) is 4.76. The molecule has 1 aliphatic carbocycles. The molecule has 0 aromatic carbocycles. The highest BCUT2D eigenvalue weighted by Crippen LogP contribution is 2.21. The maximum Gasteiger partial charge on any atom is 0.187 e. The Balaban J connectivity index is 1.68. The molecule has 0 aliphatic heterocycles. The minimum atomic E-state index is 0.214. The van der Waals surface area contributed by atoms with Gasteiger partial charge in [0.25, 0.3) is 0 Å². The molecule has 0 bridgehead atoms. The molecule has 1 saturated carbocycles. The van der Waals surface area contributed by atoms with Crippen LogP contribution in [0.3, 0.4) is 0 Å². The SMILES string of the molecule is Cc1cnc(SCCC(CO)NC2CC2)nc1. The second-order valence-corrected chi connectivity index (χ2v) is 5.56. The largest absolute Gasteiger partial charge is 0.395 e. The lowest BCUT2D eigenvalue weighted by atomic mass is 10.2. The number of aryl methyl sites for hydroxylation is 1. The van der Waals surface area contributed by atoms with Crippen molar-refractivity contribution in [2.45, 2.75) is 43.4 Å². The summed E-state index contributed by atoms with van der Waals surface area (Å²) >= 11 is 1.65. The predicted octanol–water partition coefficient (Wildman–Crippen LogP) is 1.38. The quantitative estimate of drug-likeness (QED) is 0.568. The molecule has 1 heterocycles. The van der Waals surface area contributed by atoms with E-state index in [0.717, 1.165) is 22.9 Å². The summed E-state index contributed by atoms with van der Waals surface area (Å²) < 4.78 is 0. The molecule has 1 atom stereocenters. The van der Waals surface area contributed by atoms with Crippen LogP contribution in [0.4, 0.5) is 0 Å². The molecule has 0 radical (unpaired) electrons. The third-order valence-corrected chi connectivity index (χ3v) is 3.63. The smallest absolute Gasteiger partial charge is 0.187 e. The number of aliphatic hydroxyl groups is 1. The summed E-state index contributed by atoms with van der Waals surface area (Å²) in [4.78, 5) is 8.49. The van der Waals surface area contributed by atoms with Gasteiger partial charge in [0, 0.05) is 30.2 Å². The van der Waals surface area contributed by atoms with Gasteiger partial charge in [-0.25, -0.2) is 9.97 Å². The van der Waals surface area contributed by atoms with E-state index in [1.54, 1.807) is 11.8 Å². The van der Waals surface area contributed by atoms with E-state index in [4.69, 9.17) is 0 Å². The fourth-order valence-electron chi connectivity index (χ4n) is 1.56. The first kappa shape index (κ1) is 12.8. The summed E-state index contributed by atoms with van der Waals surface area (Å²) in [6.45, 7) is 2.20. The summed E-state index contributed by atoms with van der Waals surface area (Å²) in [5.74, 6) is 0.938. The van der Waals surface area contributed by atoms with Crippen molar-refractivity contribution in [3.63, 3.8) is 0 Å². The summed E-state index contributed by atoms with van der Waals surface area (Å²) in [6, 6.07) is 0.869. The lowest BCUT2D eigenvalue weighted by Crippen LogP contribution is -2.34. The van der Waals surface area contributed by atoms with Crippen molar-refractivity contribution in [2.24, 2.45) is 0 Å². The Hall–Kier alpha value is -0.650. The third kappa shape index (κ3) is 4.61. The van der Waals surface area contributed by atoms with Gasteiger partial charge >= 0.3 is 0 Å². The predicted molar refractivity (Wildman–Crippen MR) is 69.1 cm³/mol. The molecule has 4 nitrogen and oxygen atoms in total. The average Bonchev–Trinajstić information content (AvgIpc) is 3.14. The number of aliphatic hydroxyl groups excluding tert-OH is 1. The first-order valence-corrected chi connectivity index (χ1v) is 7.05. The van der Waals surface area contributed by atoms with Gasteiger partial charge in [-0.05, 0) is 31.7 Å². The van der Waals surface area contributed by atoms with Gasteiger partial charge in [0.2, 0.25) is 0 Å². The number of thioether (sulfide) groups is 1. The first-order valence-electron chi connectivity index (χ1n) is 6.06. The van der Waals surface area contributed by atoms with Crippen molar-refractivity contribution in [2.75, 3.05) is 12.4 Å². The average molecular weight is 253 g/mol. The van der Waals surface area contributed by atoms with Crippen LogP contribution in [0.1, 0.15) is 24.8 Å². The van der Waals surface area contributed by atoms with Gasteiger partial charge in [-0.1, -0.05) is 11.8 Å². The summed E-state index contributed by atoms with van der Waals surface area (Å²) in [6.07, 6.45) is 7.13. The third-order valence-electron chi connectivity index (χ3n) is 2.72. The Morgan fingerprint density at radius 1 is 1.47 bits per heavy atom. The van der Waals surface area contributed by atoms with Gasteiger partial charge in [-0.3, -0.25) is 0 Å². The van der Waals surface area contributed by atoms with E-state index in [2.05, 4.69) is 15.3 Å². The van der Waals surface area contributed by atoms with Crippen LogP contribution in [0, 0.1) is 6.92 Å². The standard InChI is InChI=1S/C12H19N3OS/c1-9-6-13-12(14-7-9)17-5-4-11(8-16)15-10-2-3-10/h6-7,10-11,15-16H,2-5,8H2,1H3. The highest BCUT2D eigenvalue weighted by Gasteiger charge is 2.23. The van der Waals surface area contributed by atoms with E-state index in [0.29, 0.717) is 6.04 Å². The van der Waals surface area contributed by atoms with E-state index < -0.39 is 0 Å². The zero-order chi connectivity index (χ0) is 12.1. The molecule has 0 saturated heterocycles. The molecule has 1 aromatic rings. The number of nitrogens with one attached hydrogen (secondary N) is 1. The summed E-state index contributed by atoms with van der Waals surface area (Å²) in [7, 11) is 0. The van der Waals surface area contributed by atoms with Gasteiger partial charge in [-0.2, -0.15) is 0 Å². The van der Waals surface area contributed by atoms with Crippen molar-refractivity contribution in [3.05, 3.63) is 18.0 Å². The second-order valence-electron chi connectivity index (χ2n) is 4.50. The number of hydrogen-bond donors (Lipinski definition) is 2. The normalized spacial score (nSPS) is 17.1. The highest BCUT2D eigenvalue weighted by molar-refractivity contribution is 7.99. The first-order chi connectivity index (χ1) is 8.28. The summed E-state index contributed by atoms with van der Waals surface area (Å²) in [5.41, 5.74) is 1.08. The molecule has 0 spiro atoms. The molecule has 2 N–H and O–H groups in total. The van der Waals surface area contributed by atoms with E-state index in [-0.39, 0.29) is 12.6 Å².